The third-order valence-electron chi connectivity index (χ3n) is 4.80. The molecule has 1 saturated carbocycles. The Labute approximate surface area is 120 Å². The first-order valence-electron chi connectivity index (χ1n) is 6.85. The minimum absolute atomic E-state index is 0.00991. The number of nitrogens with one attached hydrogen (secondary N) is 1. The van der Waals surface area contributed by atoms with Crippen molar-refractivity contribution in [3.05, 3.63) is 16.7 Å². The number of hydrogen-bond donors (Lipinski definition) is 4. The molecule has 0 saturated heterocycles. The number of hydrogen-bond acceptors (Lipinski definition) is 6. The fourth-order valence-electron chi connectivity index (χ4n) is 3.73. The number of H-pyrrole nitrogens is 1. The van der Waals surface area contributed by atoms with Crippen LogP contribution in [-0.2, 0) is 0 Å². The van der Waals surface area contributed by atoms with Gasteiger partial charge >= 0.3 is 0 Å². The van der Waals surface area contributed by atoms with E-state index >= 15 is 0 Å². The molecule has 114 valence electrons. The minimum atomic E-state index is -0.382. The molecule has 8 nitrogen and oxygen atoms in total. The molecule has 3 atom stereocenters. The molecule has 1 aliphatic carbocycles. The average Bonchev–Trinajstić information content (AvgIpc) is 2.80. The van der Waals surface area contributed by atoms with Gasteiger partial charge in [-0.25, -0.2) is 4.98 Å². The van der Waals surface area contributed by atoms with Crippen LogP contribution < -0.4 is 11.3 Å². The lowest BCUT2D eigenvalue weighted by Crippen LogP contribution is -2.57. The topological polar surface area (TPSA) is 130 Å². The van der Waals surface area contributed by atoms with Crippen molar-refractivity contribution in [3.8, 4) is 0 Å². The maximum Gasteiger partial charge on any atom is 0.280 e. The van der Waals surface area contributed by atoms with Crippen LogP contribution >= 0.6 is 0 Å². The van der Waals surface area contributed by atoms with Crippen molar-refractivity contribution in [2.75, 3.05) is 18.9 Å². The Bertz CT molecular complexity index is 735. The van der Waals surface area contributed by atoms with Crippen LogP contribution in [0.25, 0.3) is 11.2 Å². The molecule has 0 amide bonds. The number of nitrogens with two attached hydrogens (primary N) is 1. The van der Waals surface area contributed by atoms with Crippen LogP contribution in [0.5, 0.6) is 0 Å². The van der Waals surface area contributed by atoms with Crippen LogP contribution in [0, 0.1) is 17.3 Å². The summed E-state index contributed by atoms with van der Waals surface area (Å²) in [5.74, 6) is -0.0837. The third-order valence-corrected chi connectivity index (χ3v) is 4.80. The van der Waals surface area contributed by atoms with E-state index in [4.69, 9.17) is 5.73 Å². The second-order valence-electron chi connectivity index (χ2n) is 6.18. The summed E-state index contributed by atoms with van der Waals surface area (Å²) in [6.45, 7) is 4.01. The van der Waals surface area contributed by atoms with Crippen molar-refractivity contribution in [1.29, 1.82) is 0 Å². The lowest BCUT2D eigenvalue weighted by atomic mass is 9.52. The summed E-state index contributed by atoms with van der Waals surface area (Å²) in [5.41, 5.74) is 5.61. The maximum absolute atomic E-state index is 11.8. The Morgan fingerprint density at radius 2 is 2.14 bits per heavy atom. The maximum atomic E-state index is 11.8. The molecule has 2 aromatic rings. The van der Waals surface area contributed by atoms with E-state index in [1.165, 1.54) is 0 Å². The van der Waals surface area contributed by atoms with E-state index < -0.39 is 0 Å². The molecule has 8 heteroatoms. The highest BCUT2D eigenvalue weighted by molar-refractivity contribution is 5.70. The molecular formula is C13H19N5O3. The van der Waals surface area contributed by atoms with E-state index in [-0.39, 0.29) is 53.5 Å². The number of imidazole rings is 1. The number of aliphatic hydroxyl groups is 2. The van der Waals surface area contributed by atoms with Crippen LogP contribution in [0.15, 0.2) is 11.1 Å². The molecule has 1 fully saturated rings. The molecule has 1 unspecified atom stereocenters. The Kier molecular flexibility index (Phi) is 3.03. The monoisotopic (exact) mass is 293 g/mol. The predicted octanol–water partition coefficient (Wildman–Crippen LogP) is -0.500. The zero-order valence-corrected chi connectivity index (χ0v) is 11.9. The van der Waals surface area contributed by atoms with Gasteiger partial charge in [-0.2, -0.15) is 4.98 Å². The summed E-state index contributed by atoms with van der Waals surface area (Å²) >= 11 is 0. The van der Waals surface area contributed by atoms with Crippen LogP contribution in [0.4, 0.5) is 5.95 Å². The molecule has 5 N–H and O–H groups in total. The zero-order valence-electron chi connectivity index (χ0n) is 11.9. The van der Waals surface area contributed by atoms with Crippen LogP contribution in [0.1, 0.15) is 19.9 Å². The molecule has 21 heavy (non-hydrogen) atoms. The van der Waals surface area contributed by atoms with Crippen molar-refractivity contribution in [2.24, 2.45) is 17.3 Å². The smallest absolute Gasteiger partial charge is 0.280 e. The van der Waals surface area contributed by atoms with Gasteiger partial charge in [-0.3, -0.25) is 9.78 Å². The van der Waals surface area contributed by atoms with E-state index in [2.05, 4.69) is 15.0 Å². The molecule has 0 spiro atoms. The van der Waals surface area contributed by atoms with Crippen molar-refractivity contribution < 1.29 is 10.2 Å². The number of nitrogens with zero attached hydrogens (tertiary/aromatic N) is 3. The van der Waals surface area contributed by atoms with Gasteiger partial charge in [0.2, 0.25) is 5.95 Å². The normalized spacial score (nSPS) is 27.7. The number of fused-ring (bicyclic) bond motifs is 1. The Morgan fingerprint density at radius 3 is 2.76 bits per heavy atom. The highest BCUT2D eigenvalue weighted by Crippen LogP contribution is 2.58. The van der Waals surface area contributed by atoms with Crippen LogP contribution in [0.2, 0.25) is 0 Å². The van der Waals surface area contributed by atoms with Crippen molar-refractivity contribution in [1.82, 2.24) is 19.5 Å². The molecule has 0 aromatic carbocycles. The fraction of sp³-hybridized carbons (Fsp3) is 0.615. The molecule has 1 aliphatic rings. The predicted molar refractivity (Wildman–Crippen MR) is 76.5 cm³/mol. The second-order valence-corrected chi connectivity index (χ2v) is 6.18. The molecular weight excluding hydrogens is 274 g/mol. The number of aromatic nitrogens is 4. The number of aliphatic hydroxyl groups excluding tert-OH is 2. The quantitative estimate of drug-likeness (QED) is 0.603. The molecule has 0 radical (unpaired) electrons. The van der Waals surface area contributed by atoms with Crippen LogP contribution in [-0.4, -0.2) is 42.9 Å². The lowest BCUT2D eigenvalue weighted by Gasteiger charge is -2.57. The van der Waals surface area contributed by atoms with E-state index in [1.54, 1.807) is 10.9 Å². The summed E-state index contributed by atoms with van der Waals surface area (Å²) in [5, 5.41) is 19.1. The number of anilines is 1. The van der Waals surface area contributed by atoms with Crippen molar-refractivity contribution in [3.63, 3.8) is 0 Å². The summed E-state index contributed by atoms with van der Waals surface area (Å²) in [6, 6.07) is -0.0988. The number of aromatic amines is 1. The number of rotatable bonds is 3. The molecule has 3 rings (SSSR count). The summed E-state index contributed by atoms with van der Waals surface area (Å²) in [7, 11) is 0. The first-order chi connectivity index (χ1) is 9.91. The molecule has 2 aromatic heterocycles. The van der Waals surface area contributed by atoms with Gasteiger partial charge in [-0.05, 0) is 11.3 Å². The van der Waals surface area contributed by atoms with Gasteiger partial charge in [0.25, 0.3) is 5.56 Å². The first-order valence-corrected chi connectivity index (χ1v) is 6.85. The molecule has 0 bridgehead atoms. The van der Waals surface area contributed by atoms with Crippen molar-refractivity contribution in [2.45, 2.75) is 19.9 Å². The molecule has 2 heterocycles. The second kappa shape index (κ2) is 4.54. The summed E-state index contributed by atoms with van der Waals surface area (Å²) in [4.78, 5) is 22.5. The largest absolute Gasteiger partial charge is 0.396 e. The highest BCUT2D eigenvalue weighted by Gasteiger charge is 2.56. The van der Waals surface area contributed by atoms with E-state index in [1.807, 2.05) is 13.8 Å². The average molecular weight is 293 g/mol. The SMILES string of the molecule is CC1(C)[C@H](CO)C(CO)[C@@H]1n1cnc2c(=O)[nH]c(N)nc21. The van der Waals surface area contributed by atoms with Gasteiger partial charge in [0, 0.05) is 25.2 Å². The summed E-state index contributed by atoms with van der Waals surface area (Å²) in [6.07, 6.45) is 1.55. The van der Waals surface area contributed by atoms with Gasteiger partial charge < -0.3 is 20.5 Å². The summed E-state index contributed by atoms with van der Waals surface area (Å²) < 4.78 is 1.79. The Hall–Kier alpha value is -1.93. The van der Waals surface area contributed by atoms with E-state index in [9.17, 15) is 15.0 Å². The van der Waals surface area contributed by atoms with E-state index in [0.29, 0.717) is 5.65 Å². The van der Waals surface area contributed by atoms with E-state index in [0.717, 1.165) is 0 Å². The van der Waals surface area contributed by atoms with Gasteiger partial charge in [-0.15, -0.1) is 0 Å². The Morgan fingerprint density at radius 1 is 1.43 bits per heavy atom. The first kappa shape index (κ1) is 14.0. The van der Waals surface area contributed by atoms with Gasteiger partial charge in [-0.1, -0.05) is 13.8 Å². The van der Waals surface area contributed by atoms with Gasteiger partial charge in [0.1, 0.15) is 0 Å². The third kappa shape index (κ3) is 1.79. The van der Waals surface area contributed by atoms with Gasteiger partial charge in [0.15, 0.2) is 11.2 Å². The Balaban J connectivity index is 2.15. The lowest BCUT2D eigenvalue weighted by molar-refractivity contribution is -0.127. The van der Waals surface area contributed by atoms with Gasteiger partial charge in [0.05, 0.1) is 6.33 Å². The zero-order chi connectivity index (χ0) is 15.4. The highest BCUT2D eigenvalue weighted by atomic mass is 16.3. The minimum Gasteiger partial charge on any atom is -0.396 e. The fourth-order valence-corrected chi connectivity index (χ4v) is 3.73. The molecule has 0 aliphatic heterocycles. The van der Waals surface area contributed by atoms with Crippen LogP contribution in [0.3, 0.4) is 0 Å². The van der Waals surface area contributed by atoms with Crippen molar-refractivity contribution >= 4 is 17.1 Å². The standard InChI is InChI=1S/C13H19N5O3/c1-13(2)7(4-20)6(3-19)9(13)18-5-15-8-10(18)16-12(14)17-11(8)21/h5-7,9,19-20H,3-4H2,1-2H3,(H3,14,16,17,21)/t6?,7-,9+/m1/s1. The number of nitrogen functional groups attached to an aromatic ring is 1.